The minimum atomic E-state index is 0.741. The SMILES string of the molecule is CCC1(CC)CC2CCC1(CC)C2. The van der Waals surface area contributed by atoms with E-state index < -0.39 is 0 Å². The molecule has 0 aliphatic heterocycles. The van der Waals surface area contributed by atoms with Crippen molar-refractivity contribution in [3.05, 3.63) is 0 Å². The lowest BCUT2D eigenvalue weighted by atomic mass is 9.59. The van der Waals surface area contributed by atoms with Crippen molar-refractivity contribution in [2.24, 2.45) is 16.7 Å². The third kappa shape index (κ3) is 1.04. The molecular formula is C13H24. The maximum absolute atomic E-state index is 2.42. The van der Waals surface area contributed by atoms with Crippen LogP contribution in [0, 0.1) is 16.7 Å². The number of fused-ring (bicyclic) bond motifs is 2. The summed E-state index contributed by atoms with van der Waals surface area (Å²) in [6, 6.07) is 0. The van der Waals surface area contributed by atoms with Gasteiger partial charge in [-0.25, -0.2) is 0 Å². The summed E-state index contributed by atoms with van der Waals surface area (Å²) in [6.07, 6.45) is 10.5. The second-order valence-corrected chi connectivity index (χ2v) is 5.43. The molecule has 2 fully saturated rings. The molecule has 2 saturated carbocycles. The summed E-state index contributed by atoms with van der Waals surface area (Å²) < 4.78 is 0. The zero-order chi connectivity index (χ0) is 9.53. The molecule has 0 aromatic rings. The van der Waals surface area contributed by atoms with Gasteiger partial charge in [0.2, 0.25) is 0 Å². The van der Waals surface area contributed by atoms with Crippen LogP contribution in [0.25, 0.3) is 0 Å². The molecule has 2 rings (SSSR count). The van der Waals surface area contributed by atoms with Gasteiger partial charge in [0.15, 0.2) is 0 Å². The Kier molecular flexibility index (Phi) is 2.20. The first-order chi connectivity index (χ1) is 6.22. The molecule has 2 aliphatic rings. The fraction of sp³-hybridized carbons (Fsp3) is 1.00. The van der Waals surface area contributed by atoms with Crippen molar-refractivity contribution in [3.8, 4) is 0 Å². The molecule has 13 heavy (non-hydrogen) atoms. The summed E-state index contributed by atoms with van der Waals surface area (Å²) >= 11 is 0. The Morgan fingerprint density at radius 1 is 1.00 bits per heavy atom. The average Bonchev–Trinajstić information content (AvgIpc) is 2.73. The summed E-state index contributed by atoms with van der Waals surface area (Å²) in [4.78, 5) is 0. The normalized spacial score (nSPS) is 41.3. The van der Waals surface area contributed by atoms with Gasteiger partial charge in [-0.1, -0.05) is 20.8 Å². The van der Waals surface area contributed by atoms with E-state index in [9.17, 15) is 0 Å². The van der Waals surface area contributed by atoms with E-state index in [0.29, 0.717) is 0 Å². The molecule has 2 aliphatic carbocycles. The number of hydrogen-bond donors (Lipinski definition) is 0. The van der Waals surface area contributed by atoms with Crippen LogP contribution < -0.4 is 0 Å². The largest absolute Gasteiger partial charge is 0.0648 e. The van der Waals surface area contributed by atoms with E-state index in [1.807, 2.05) is 0 Å². The quantitative estimate of drug-likeness (QED) is 0.604. The Bertz CT molecular complexity index is 185. The predicted octanol–water partition coefficient (Wildman–Crippen LogP) is 4.39. The minimum Gasteiger partial charge on any atom is -0.0648 e. The van der Waals surface area contributed by atoms with Crippen molar-refractivity contribution in [3.63, 3.8) is 0 Å². The molecule has 0 nitrogen and oxygen atoms in total. The van der Waals surface area contributed by atoms with Gasteiger partial charge in [0.1, 0.15) is 0 Å². The van der Waals surface area contributed by atoms with Gasteiger partial charge < -0.3 is 0 Å². The van der Waals surface area contributed by atoms with Crippen LogP contribution in [-0.2, 0) is 0 Å². The summed E-state index contributed by atoms with van der Waals surface area (Å²) in [5, 5.41) is 0. The highest BCUT2D eigenvalue weighted by molar-refractivity contribution is 5.08. The third-order valence-electron chi connectivity index (χ3n) is 5.55. The average molecular weight is 180 g/mol. The van der Waals surface area contributed by atoms with Crippen LogP contribution in [-0.4, -0.2) is 0 Å². The Hall–Kier alpha value is 0. The van der Waals surface area contributed by atoms with Gasteiger partial charge in [-0.2, -0.15) is 0 Å². The molecule has 76 valence electrons. The highest BCUT2D eigenvalue weighted by Gasteiger charge is 2.58. The smallest absolute Gasteiger partial charge is 0.0241 e. The van der Waals surface area contributed by atoms with Crippen LogP contribution in [0.1, 0.15) is 65.7 Å². The molecule has 2 atom stereocenters. The zero-order valence-electron chi connectivity index (χ0n) is 9.53. The maximum atomic E-state index is 2.42. The summed E-state index contributed by atoms with van der Waals surface area (Å²) in [6.45, 7) is 7.26. The van der Waals surface area contributed by atoms with Gasteiger partial charge in [-0.3, -0.25) is 0 Å². The van der Waals surface area contributed by atoms with Gasteiger partial charge in [0.05, 0.1) is 0 Å². The minimum absolute atomic E-state index is 0.741. The molecule has 0 heterocycles. The third-order valence-corrected chi connectivity index (χ3v) is 5.55. The van der Waals surface area contributed by atoms with E-state index in [1.54, 1.807) is 12.8 Å². The van der Waals surface area contributed by atoms with Gasteiger partial charge in [0, 0.05) is 0 Å². The highest BCUT2D eigenvalue weighted by Crippen LogP contribution is 2.68. The Morgan fingerprint density at radius 3 is 2.08 bits per heavy atom. The van der Waals surface area contributed by atoms with Crippen molar-refractivity contribution in [2.75, 3.05) is 0 Å². The summed E-state index contributed by atoms with van der Waals surface area (Å²) in [5.41, 5.74) is 1.51. The molecule has 0 spiro atoms. The fourth-order valence-corrected chi connectivity index (χ4v) is 4.65. The van der Waals surface area contributed by atoms with Crippen LogP contribution in [0.3, 0.4) is 0 Å². The summed E-state index contributed by atoms with van der Waals surface area (Å²) in [7, 11) is 0. The van der Waals surface area contributed by atoms with E-state index in [-0.39, 0.29) is 0 Å². The van der Waals surface area contributed by atoms with E-state index in [1.165, 1.54) is 32.1 Å². The van der Waals surface area contributed by atoms with Crippen LogP contribution in [0.4, 0.5) is 0 Å². The first kappa shape index (κ1) is 9.55. The lowest BCUT2D eigenvalue weighted by molar-refractivity contribution is 0.0388. The number of rotatable bonds is 3. The molecule has 0 amide bonds. The molecule has 0 N–H and O–H groups in total. The molecular weight excluding hydrogens is 156 g/mol. The summed E-state index contributed by atoms with van der Waals surface area (Å²) in [5.74, 6) is 1.10. The van der Waals surface area contributed by atoms with Crippen molar-refractivity contribution >= 4 is 0 Å². The maximum Gasteiger partial charge on any atom is -0.0241 e. The first-order valence-corrected chi connectivity index (χ1v) is 6.22. The van der Waals surface area contributed by atoms with Gasteiger partial charge >= 0.3 is 0 Å². The number of hydrogen-bond acceptors (Lipinski definition) is 0. The van der Waals surface area contributed by atoms with Crippen LogP contribution in [0.5, 0.6) is 0 Å². The second-order valence-electron chi connectivity index (χ2n) is 5.43. The molecule has 0 radical (unpaired) electrons. The lowest BCUT2D eigenvalue weighted by Crippen LogP contribution is -2.36. The first-order valence-electron chi connectivity index (χ1n) is 6.22. The van der Waals surface area contributed by atoms with Gasteiger partial charge in [-0.15, -0.1) is 0 Å². The molecule has 0 aromatic carbocycles. The Balaban J connectivity index is 2.29. The van der Waals surface area contributed by atoms with E-state index in [0.717, 1.165) is 16.7 Å². The molecule has 2 bridgehead atoms. The standard InChI is InChI=1S/C13H24/c1-4-12(5-2)9-11-7-8-13(12,6-3)10-11/h11H,4-10H2,1-3H3. The van der Waals surface area contributed by atoms with Crippen molar-refractivity contribution in [1.82, 2.24) is 0 Å². The fourth-order valence-electron chi connectivity index (χ4n) is 4.65. The lowest BCUT2D eigenvalue weighted by Gasteiger charge is -2.46. The van der Waals surface area contributed by atoms with Gasteiger partial charge in [-0.05, 0) is 61.7 Å². The molecule has 0 heteroatoms. The van der Waals surface area contributed by atoms with Crippen LogP contribution in [0.2, 0.25) is 0 Å². The molecule has 2 unspecified atom stereocenters. The van der Waals surface area contributed by atoms with E-state index in [4.69, 9.17) is 0 Å². The van der Waals surface area contributed by atoms with Crippen LogP contribution in [0.15, 0.2) is 0 Å². The van der Waals surface area contributed by atoms with E-state index >= 15 is 0 Å². The van der Waals surface area contributed by atoms with Crippen LogP contribution >= 0.6 is 0 Å². The molecule has 0 aromatic heterocycles. The highest BCUT2D eigenvalue weighted by atomic mass is 14.6. The topological polar surface area (TPSA) is 0 Å². The zero-order valence-corrected chi connectivity index (χ0v) is 9.53. The molecule has 0 saturated heterocycles. The van der Waals surface area contributed by atoms with Crippen molar-refractivity contribution in [2.45, 2.75) is 65.7 Å². The monoisotopic (exact) mass is 180 g/mol. The van der Waals surface area contributed by atoms with Crippen molar-refractivity contribution in [1.29, 1.82) is 0 Å². The predicted molar refractivity (Wildman–Crippen MR) is 57.7 cm³/mol. The van der Waals surface area contributed by atoms with E-state index in [2.05, 4.69) is 20.8 Å². The van der Waals surface area contributed by atoms with Crippen molar-refractivity contribution < 1.29 is 0 Å². The second kappa shape index (κ2) is 3.00. The Morgan fingerprint density at radius 2 is 1.69 bits per heavy atom. The van der Waals surface area contributed by atoms with Gasteiger partial charge in [0.25, 0.3) is 0 Å². The Labute approximate surface area is 83.1 Å².